The number of carbonyl (C=O) groups excluding carboxylic acids is 1. The molecule has 0 N–H and O–H groups in total. The van der Waals surface area contributed by atoms with Crippen molar-refractivity contribution in [3.63, 3.8) is 0 Å². The molecule has 0 aliphatic carbocycles. The van der Waals surface area contributed by atoms with Gasteiger partial charge in [-0.1, -0.05) is 29.8 Å². The number of halogens is 1. The van der Waals surface area contributed by atoms with E-state index in [0.717, 1.165) is 31.7 Å². The Labute approximate surface area is 142 Å². The van der Waals surface area contributed by atoms with E-state index in [2.05, 4.69) is 36.9 Å². The Kier molecular flexibility index (Phi) is 4.84. The van der Waals surface area contributed by atoms with Crippen LogP contribution in [0.25, 0.3) is 0 Å². The Bertz CT molecular complexity index is 719. The summed E-state index contributed by atoms with van der Waals surface area (Å²) in [6.07, 6.45) is 0.337. The average molecular weight is 326 g/mol. The van der Waals surface area contributed by atoms with Gasteiger partial charge in [-0.25, -0.2) is 4.39 Å². The summed E-state index contributed by atoms with van der Waals surface area (Å²) in [5, 5.41) is 0. The number of amides is 1. The molecule has 3 rings (SSSR count). The number of hydrogen-bond donors (Lipinski definition) is 0. The first-order valence-electron chi connectivity index (χ1n) is 8.37. The van der Waals surface area contributed by atoms with Gasteiger partial charge in [-0.3, -0.25) is 4.79 Å². The lowest BCUT2D eigenvalue weighted by molar-refractivity contribution is -0.130. The second kappa shape index (κ2) is 7.04. The van der Waals surface area contributed by atoms with Gasteiger partial charge in [0.2, 0.25) is 5.91 Å². The van der Waals surface area contributed by atoms with E-state index in [0.29, 0.717) is 6.42 Å². The molecule has 1 aliphatic heterocycles. The van der Waals surface area contributed by atoms with Crippen LogP contribution in [0.1, 0.15) is 16.7 Å². The number of aryl methyl sites for hydroxylation is 2. The third kappa shape index (κ3) is 3.75. The molecular formula is C20H23FN2O. The van der Waals surface area contributed by atoms with Gasteiger partial charge in [0.25, 0.3) is 0 Å². The molecule has 0 spiro atoms. The Hall–Kier alpha value is -2.36. The third-order valence-corrected chi connectivity index (χ3v) is 4.59. The van der Waals surface area contributed by atoms with Crippen molar-refractivity contribution in [2.24, 2.45) is 0 Å². The highest BCUT2D eigenvalue weighted by molar-refractivity contribution is 5.79. The molecule has 0 aromatic heterocycles. The first kappa shape index (κ1) is 16.5. The van der Waals surface area contributed by atoms with Crippen LogP contribution in [0.3, 0.4) is 0 Å². The van der Waals surface area contributed by atoms with Gasteiger partial charge < -0.3 is 9.80 Å². The predicted molar refractivity (Wildman–Crippen MR) is 94.8 cm³/mol. The molecule has 24 heavy (non-hydrogen) atoms. The molecule has 4 heteroatoms. The van der Waals surface area contributed by atoms with Crippen LogP contribution >= 0.6 is 0 Å². The first-order chi connectivity index (χ1) is 11.5. The molecule has 0 radical (unpaired) electrons. The van der Waals surface area contributed by atoms with Crippen molar-refractivity contribution >= 4 is 11.6 Å². The zero-order valence-corrected chi connectivity index (χ0v) is 14.3. The third-order valence-electron chi connectivity index (χ3n) is 4.59. The van der Waals surface area contributed by atoms with Gasteiger partial charge in [0.05, 0.1) is 6.42 Å². The molecule has 1 heterocycles. The number of hydrogen-bond acceptors (Lipinski definition) is 2. The minimum absolute atomic E-state index is 0.113. The van der Waals surface area contributed by atoms with E-state index < -0.39 is 0 Å². The van der Waals surface area contributed by atoms with E-state index in [1.54, 1.807) is 12.1 Å². The van der Waals surface area contributed by atoms with Gasteiger partial charge in [0.1, 0.15) is 5.82 Å². The van der Waals surface area contributed by atoms with Crippen LogP contribution in [-0.2, 0) is 11.2 Å². The van der Waals surface area contributed by atoms with E-state index in [9.17, 15) is 9.18 Å². The quantitative estimate of drug-likeness (QED) is 0.864. The van der Waals surface area contributed by atoms with E-state index in [-0.39, 0.29) is 11.7 Å². The molecule has 2 aromatic carbocycles. The standard InChI is InChI=1S/C20H23FN2O/c1-15-3-8-19(16(2)13-15)22-9-11-23(12-10-22)20(24)14-17-4-6-18(21)7-5-17/h3-8,13H,9-12,14H2,1-2H3. The highest BCUT2D eigenvalue weighted by Crippen LogP contribution is 2.22. The molecule has 1 fully saturated rings. The maximum atomic E-state index is 12.9. The molecule has 126 valence electrons. The van der Waals surface area contributed by atoms with Crippen LogP contribution in [0.5, 0.6) is 0 Å². The molecule has 2 aromatic rings. The fourth-order valence-electron chi connectivity index (χ4n) is 3.25. The van der Waals surface area contributed by atoms with E-state index in [1.807, 2.05) is 4.90 Å². The second-order valence-electron chi connectivity index (χ2n) is 6.46. The summed E-state index contributed by atoms with van der Waals surface area (Å²) >= 11 is 0. The topological polar surface area (TPSA) is 23.6 Å². The minimum atomic E-state index is -0.270. The molecule has 0 bridgehead atoms. The Morgan fingerprint density at radius 1 is 1.00 bits per heavy atom. The van der Waals surface area contributed by atoms with E-state index in [1.165, 1.54) is 28.9 Å². The number of nitrogens with zero attached hydrogens (tertiary/aromatic N) is 2. The lowest BCUT2D eigenvalue weighted by Crippen LogP contribution is -2.49. The molecule has 1 saturated heterocycles. The number of carbonyl (C=O) groups is 1. The van der Waals surface area contributed by atoms with Crippen LogP contribution in [0.4, 0.5) is 10.1 Å². The lowest BCUT2D eigenvalue weighted by atomic mass is 10.1. The fourth-order valence-corrected chi connectivity index (χ4v) is 3.25. The second-order valence-corrected chi connectivity index (χ2v) is 6.46. The summed E-state index contributed by atoms with van der Waals surface area (Å²) in [6, 6.07) is 12.7. The summed E-state index contributed by atoms with van der Waals surface area (Å²) < 4.78 is 12.9. The summed E-state index contributed by atoms with van der Waals surface area (Å²) in [5.74, 6) is -0.157. The van der Waals surface area contributed by atoms with Gasteiger partial charge in [-0.2, -0.15) is 0 Å². The van der Waals surface area contributed by atoms with Crippen molar-refractivity contribution in [1.82, 2.24) is 4.90 Å². The maximum absolute atomic E-state index is 12.9. The highest BCUT2D eigenvalue weighted by atomic mass is 19.1. The largest absolute Gasteiger partial charge is 0.368 e. The van der Waals surface area contributed by atoms with Crippen molar-refractivity contribution in [2.75, 3.05) is 31.1 Å². The van der Waals surface area contributed by atoms with Crippen molar-refractivity contribution < 1.29 is 9.18 Å². The van der Waals surface area contributed by atoms with Crippen molar-refractivity contribution in [2.45, 2.75) is 20.3 Å². The molecule has 0 unspecified atom stereocenters. The van der Waals surface area contributed by atoms with Gasteiger partial charge in [-0.15, -0.1) is 0 Å². The number of piperazine rings is 1. The molecule has 1 amide bonds. The van der Waals surface area contributed by atoms with Gasteiger partial charge in [0, 0.05) is 31.9 Å². The maximum Gasteiger partial charge on any atom is 0.227 e. The Morgan fingerprint density at radius 2 is 1.67 bits per heavy atom. The first-order valence-corrected chi connectivity index (χ1v) is 8.37. The number of rotatable bonds is 3. The summed E-state index contributed by atoms with van der Waals surface area (Å²) in [5.41, 5.74) is 4.66. The van der Waals surface area contributed by atoms with Crippen molar-refractivity contribution in [3.8, 4) is 0 Å². The van der Waals surface area contributed by atoms with Crippen LogP contribution < -0.4 is 4.90 Å². The van der Waals surface area contributed by atoms with Crippen LogP contribution in [0, 0.1) is 19.7 Å². The summed E-state index contributed by atoms with van der Waals surface area (Å²) in [4.78, 5) is 16.7. The van der Waals surface area contributed by atoms with Gasteiger partial charge >= 0.3 is 0 Å². The highest BCUT2D eigenvalue weighted by Gasteiger charge is 2.22. The lowest BCUT2D eigenvalue weighted by Gasteiger charge is -2.37. The van der Waals surface area contributed by atoms with E-state index in [4.69, 9.17) is 0 Å². The molecule has 3 nitrogen and oxygen atoms in total. The number of benzene rings is 2. The Morgan fingerprint density at radius 3 is 2.29 bits per heavy atom. The van der Waals surface area contributed by atoms with Gasteiger partial charge in [-0.05, 0) is 43.2 Å². The fraction of sp³-hybridized carbons (Fsp3) is 0.350. The SMILES string of the molecule is Cc1ccc(N2CCN(C(=O)Cc3ccc(F)cc3)CC2)c(C)c1. The number of anilines is 1. The normalized spacial score (nSPS) is 14.8. The predicted octanol–water partition coefficient (Wildman–Crippen LogP) is 3.33. The monoisotopic (exact) mass is 326 g/mol. The summed E-state index contributed by atoms with van der Waals surface area (Å²) in [7, 11) is 0. The average Bonchev–Trinajstić information content (AvgIpc) is 2.57. The Balaban J connectivity index is 1.58. The molecular weight excluding hydrogens is 303 g/mol. The molecule has 1 aliphatic rings. The van der Waals surface area contributed by atoms with Crippen LogP contribution in [0.2, 0.25) is 0 Å². The molecule has 0 atom stereocenters. The van der Waals surface area contributed by atoms with Gasteiger partial charge in [0.15, 0.2) is 0 Å². The summed E-state index contributed by atoms with van der Waals surface area (Å²) in [6.45, 7) is 7.38. The zero-order chi connectivity index (χ0) is 17.1. The minimum Gasteiger partial charge on any atom is -0.368 e. The smallest absolute Gasteiger partial charge is 0.227 e. The van der Waals surface area contributed by atoms with E-state index >= 15 is 0 Å². The van der Waals surface area contributed by atoms with Crippen molar-refractivity contribution in [3.05, 3.63) is 65.0 Å². The van der Waals surface area contributed by atoms with Crippen LogP contribution in [0.15, 0.2) is 42.5 Å². The molecule has 0 saturated carbocycles. The van der Waals surface area contributed by atoms with Crippen LogP contribution in [-0.4, -0.2) is 37.0 Å². The zero-order valence-electron chi connectivity index (χ0n) is 14.3. The van der Waals surface area contributed by atoms with Crippen molar-refractivity contribution in [1.29, 1.82) is 0 Å².